The maximum Gasteiger partial charge on any atom is 0.203 e. The molecule has 1 aromatic rings. The molecule has 0 spiro atoms. The molecule has 0 unspecified atom stereocenters. The van der Waals surface area contributed by atoms with Crippen LogP contribution in [0.5, 0.6) is 17.2 Å². The molecule has 0 saturated heterocycles. The highest BCUT2D eigenvalue weighted by atomic mass is 16.5. The average molecular weight is 254 g/mol. The van der Waals surface area contributed by atoms with Crippen molar-refractivity contribution in [3.8, 4) is 17.2 Å². The molecule has 18 heavy (non-hydrogen) atoms. The summed E-state index contributed by atoms with van der Waals surface area (Å²) in [6.45, 7) is 1.87. The fourth-order valence-corrected chi connectivity index (χ4v) is 1.68. The molecule has 0 bridgehead atoms. The molecule has 102 valence electrons. The van der Waals surface area contributed by atoms with Crippen LogP contribution in [0.3, 0.4) is 0 Å². The Kier molecular flexibility index (Phi) is 6.14. The Morgan fingerprint density at radius 1 is 0.944 bits per heavy atom. The maximum atomic E-state index is 5.29. The van der Waals surface area contributed by atoms with Crippen LogP contribution < -0.4 is 24.8 Å². The standard InChI is InChI=1S/C13H22N2O3/c1-14-6-5-7-15-10-8-11(16-2)13(18-4)12(9-10)17-3/h8-9,14-15H,5-7H2,1-4H3. The van der Waals surface area contributed by atoms with Crippen LogP contribution in [0, 0.1) is 0 Å². The van der Waals surface area contributed by atoms with Gasteiger partial charge >= 0.3 is 0 Å². The van der Waals surface area contributed by atoms with Gasteiger partial charge in [-0.05, 0) is 20.0 Å². The summed E-state index contributed by atoms with van der Waals surface area (Å²) in [5, 5.41) is 6.43. The highest BCUT2D eigenvalue weighted by molar-refractivity contribution is 5.62. The van der Waals surface area contributed by atoms with E-state index in [9.17, 15) is 0 Å². The molecule has 1 rings (SSSR count). The Bertz CT molecular complexity index is 344. The molecule has 1 aromatic carbocycles. The number of benzene rings is 1. The normalized spacial score (nSPS) is 10.0. The van der Waals surface area contributed by atoms with E-state index in [1.165, 1.54) is 0 Å². The lowest BCUT2D eigenvalue weighted by molar-refractivity contribution is 0.324. The fraction of sp³-hybridized carbons (Fsp3) is 0.538. The van der Waals surface area contributed by atoms with E-state index in [4.69, 9.17) is 14.2 Å². The van der Waals surface area contributed by atoms with Crippen molar-refractivity contribution < 1.29 is 14.2 Å². The third kappa shape index (κ3) is 3.70. The molecule has 0 radical (unpaired) electrons. The second-order valence-electron chi connectivity index (χ2n) is 3.80. The number of nitrogens with one attached hydrogen (secondary N) is 2. The monoisotopic (exact) mass is 254 g/mol. The summed E-state index contributed by atoms with van der Waals surface area (Å²) in [5.74, 6) is 1.93. The van der Waals surface area contributed by atoms with E-state index in [2.05, 4.69) is 10.6 Å². The summed E-state index contributed by atoms with van der Waals surface area (Å²) in [6.07, 6.45) is 1.05. The number of anilines is 1. The zero-order valence-corrected chi connectivity index (χ0v) is 11.5. The van der Waals surface area contributed by atoms with Gasteiger partial charge in [0, 0.05) is 24.4 Å². The lowest BCUT2D eigenvalue weighted by Crippen LogP contribution is -2.13. The molecule has 0 aliphatic heterocycles. The largest absolute Gasteiger partial charge is 0.493 e. The number of rotatable bonds is 8. The summed E-state index contributed by atoms with van der Waals surface area (Å²) in [5.41, 5.74) is 0.959. The van der Waals surface area contributed by atoms with E-state index >= 15 is 0 Å². The van der Waals surface area contributed by atoms with Crippen LogP contribution >= 0.6 is 0 Å². The Morgan fingerprint density at radius 3 is 2.00 bits per heavy atom. The van der Waals surface area contributed by atoms with Crippen LogP contribution in [0.2, 0.25) is 0 Å². The van der Waals surface area contributed by atoms with Crippen molar-refractivity contribution in [2.75, 3.05) is 46.8 Å². The molecule has 0 saturated carbocycles. The molecule has 0 atom stereocenters. The highest BCUT2D eigenvalue weighted by Gasteiger charge is 2.12. The summed E-state index contributed by atoms with van der Waals surface area (Å²) in [7, 11) is 6.77. The maximum absolute atomic E-state index is 5.29. The van der Waals surface area contributed by atoms with Gasteiger partial charge in [-0.3, -0.25) is 0 Å². The Balaban J connectivity index is 2.80. The Morgan fingerprint density at radius 2 is 1.56 bits per heavy atom. The fourth-order valence-electron chi connectivity index (χ4n) is 1.68. The zero-order chi connectivity index (χ0) is 13.4. The number of hydrogen-bond donors (Lipinski definition) is 2. The zero-order valence-electron chi connectivity index (χ0n) is 11.5. The summed E-state index contributed by atoms with van der Waals surface area (Å²) >= 11 is 0. The molecule has 5 nitrogen and oxygen atoms in total. The number of methoxy groups -OCH3 is 3. The van der Waals surface area contributed by atoms with Gasteiger partial charge in [0.15, 0.2) is 11.5 Å². The van der Waals surface area contributed by atoms with Crippen LogP contribution in [0.4, 0.5) is 5.69 Å². The van der Waals surface area contributed by atoms with Gasteiger partial charge in [0.2, 0.25) is 5.75 Å². The molecule has 0 aliphatic rings. The third-order valence-electron chi connectivity index (χ3n) is 2.60. The van der Waals surface area contributed by atoms with Crippen molar-refractivity contribution >= 4 is 5.69 Å². The van der Waals surface area contributed by atoms with Gasteiger partial charge in [0.05, 0.1) is 21.3 Å². The molecular weight excluding hydrogens is 232 g/mol. The van der Waals surface area contributed by atoms with Crippen molar-refractivity contribution in [2.45, 2.75) is 6.42 Å². The van der Waals surface area contributed by atoms with Crippen LogP contribution in [0.25, 0.3) is 0 Å². The minimum atomic E-state index is 0.612. The van der Waals surface area contributed by atoms with Crippen molar-refractivity contribution in [2.24, 2.45) is 0 Å². The van der Waals surface area contributed by atoms with Gasteiger partial charge in [-0.1, -0.05) is 0 Å². The molecule has 0 aliphatic carbocycles. The predicted octanol–water partition coefficient (Wildman–Crippen LogP) is 1.73. The molecule has 0 amide bonds. The van der Waals surface area contributed by atoms with Crippen molar-refractivity contribution in [3.63, 3.8) is 0 Å². The molecule has 5 heteroatoms. The minimum absolute atomic E-state index is 0.612. The predicted molar refractivity (Wildman–Crippen MR) is 73.1 cm³/mol. The first-order chi connectivity index (χ1) is 8.76. The van der Waals surface area contributed by atoms with E-state index in [1.807, 2.05) is 19.2 Å². The SMILES string of the molecule is CNCCCNc1cc(OC)c(OC)c(OC)c1. The number of ether oxygens (including phenoxy) is 3. The van der Waals surface area contributed by atoms with Gasteiger partial charge in [0.25, 0.3) is 0 Å². The molecule has 2 N–H and O–H groups in total. The third-order valence-corrected chi connectivity index (χ3v) is 2.60. The van der Waals surface area contributed by atoms with E-state index < -0.39 is 0 Å². The summed E-state index contributed by atoms with van der Waals surface area (Å²) < 4.78 is 15.8. The van der Waals surface area contributed by atoms with E-state index in [0.29, 0.717) is 17.2 Å². The second-order valence-corrected chi connectivity index (χ2v) is 3.80. The van der Waals surface area contributed by atoms with E-state index in [0.717, 1.165) is 25.2 Å². The highest BCUT2D eigenvalue weighted by Crippen LogP contribution is 2.39. The van der Waals surface area contributed by atoms with Crippen LogP contribution in [0.1, 0.15) is 6.42 Å². The molecule has 0 fully saturated rings. The van der Waals surface area contributed by atoms with Gasteiger partial charge in [-0.15, -0.1) is 0 Å². The van der Waals surface area contributed by atoms with E-state index in [-0.39, 0.29) is 0 Å². The van der Waals surface area contributed by atoms with Gasteiger partial charge in [0.1, 0.15) is 0 Å². The van der Waals surface area contributed by atoms with Crippen LogP contribution in [-0.2, 0) is 0 Å². The van der Waals surface area contributed by atoms with Crippen LogP contribution in [0.15, 0.2) is 12.1 Å². The first kappa shape index (κ1) is 14.4. The quantitative estimate of drug-likeness (QED) is 0.692. The lowest BCUT2D eigenvalue weighted by atomic mass is 10.2. The van der Waals surface area contributed by atoms with Crippen molar-refractivity contribution in [1.82, 2.24) is 5.32 Å². The first-order valence-corrected chi connectivity index (χ1v) is 5.95. The minimum Gasteiger partial charge on any atom is -0.493 e. The van der Waals surface area contributed by atoms with Gasteiger partial charge in [-0.2, -0.15) is 0 Å². The molecular formula is C13H22N2O3. The molecule has 0 heterocycles. The lowest BCUT2D eigenvalue weighted by Gasteiger charge is -2.15. The number of hydrogen-bond acceptors (Lipinski definition) is 5. The van der Waals surface area contributed by atoms with Crippen LogP contribution in [-0.4, -0.2) is 41.5 Å². The van der Waals surface area contributed by atoms with E-state index in [1.54, 1.807) is 21.3 Å². The Hall–Kier alpha value is -1.62. The van der Waals surface area contributed by atoms with Gasteiger partial charge in [-0.25, -0.2) is 0 Å². The topological polar surface area (TPSA) is 51.8 Å². The van der Waals surface area contributed by atoms with Crippen molar-refractivity contribution in [1.29, 1.82) is 0 Å². The first-order valence-electron chi connectivity index (χ1n) is 5.95. The molecule has 0 aromatic heterocycles. The van der Waals surface area contributed by atoms with Gasteiger partial charge < -0.3 is 24.8 Å². The second kappa shape index (κ2) is 7.66. The summed E-state index contributed by atoms with van der Waals surface area (Å²) in [6, 6.07) is 3.81. The summed E-state index contributed by atoms with van der Waals surface area (Å²) in [4.78, 5) is 0. The van der Waals surface area contributed by atoms with Crippen molar-refractivity contribution in [3.05, 3.63) is 12.1 Å². The average Bonchev–Trinajstić information content (AvgIpc) is 2.42. The Labute approximate surface area is 108 Å². The smallest absolute Gasteiger partial charge is 0.203 e.